The van der Waals surface area contributed by atoms with Crippen LogP contribution in [0.3, 0.4) is 0 Å². The van der Waals surface area contributed by atoms with E-state index in [9.17, 15) is 18.0 Å². The van der Waals surface area contributed by atoms with E-state index in [4.69, 9.17) is 11.6 Å². The van der Waals surface area contributed by atoms with E-state index < -0.39 is 17.6 Å². The second kappa shape index (κ2) is 11.3. The number of anilines is 1. The van der Waals surface area contributed by atoms with E-state index in [1.165, 1.54) is 30.3 Å². The highest BCUT2D eigenvalue weighted by molar-refractivity contribution is 6.32. The molecule has 2 heterocycles. The number of benzene rings is 2. The Labute approximate surface area is 218 Å². The molecule has 0 bridgehead atoms. The zero-order valence-corrected chi connectivity index (χ0v) is 21.1. The first-order valence-corrected chi connectivity index (χ1v) is 12.0. The lowest BCUT2D eigenvalue weighted by Crippen LogP contribution is -2.44. The molecule has 1 fully saturated rings. The van der Waals surface area contributed by atoms with Gasteiger partial charge in [0.15, 0.2) is 0 Å². The van der Waals surface area contributed by atoms with Crippen LogP contribution in [0, 0.1) is 18.8 Å². The minimum Gasteiger partial charge on any atom is -0.322 e. The first-order chi connectivity index (χ1) is 17.6. The number of aromatic nitrogens is 2. The Morgan fingerprint density at radius 2 is 1.78 bits per heavy atom. The van der Waals surface area contributed by atoms with Gasteiger partial charge in [0.2, 0.25) is 0 Å². The second-order valence-corrected chi connectivity index (χ2v) is 9.32. The molecule has 1 saturated heterocycles. The van der Waals surface area contributed by atoms with E-state index in [1.54, 1.807) is 12.1 Å². The number of nitrogens with zero attached hydrogens (tertiary/aromatic N) is 4. The summed E-state index contributed by atoms with van der Waals surface area (Å²) in [6, 6.07) is 11.9. The lowest BCUT2D eigenvalue weighted by molar-refractivity contribution is -0.138. The molecule has 4 rings (SSSR count). The normalized spacial score (nSPS) is 14.6. The van der Waals surface area contributed by atoms with Gasteiger partial charge in [-0.3, -0.25) is 9.69 Å². The highest BCUT2D eigenvalue weighted by atomic mass is 35.5. The maximum atomic E-state index is 13.9. The Morgan fingerprint density at radius 1 is 1.03 bits per heavy atom. The highest BCUT2D eigenvalue weighted by Crippen LogP contribution is 2.34. The molecule has 1 aromatic heterocycles. The van der Waals surface area contributed by atoms with Gasteiger partial charge in [0.25, 0.3) is 5.91 Å². The maximum Gasteiger partial charge on any atom is 0.416 e. The monoisotopic (exact) mass is 527 g/mol. The van der Waals surface area contributed by atoms with Crippen molar-refractivity contribution in [2.45, 2.75) is 19.6 Å². The number of nitrogens with one attached hydrogen (secondary N) is 1. The number of halogens is 4. The molecule has 0 atom stereocenters. The first kappa shape index (κ1) is 26.6. The molecule has 0 saturated carbocycles. The fourth-order valence-electron chi connectivity index (χ4n) is 3.87. The molecule has 10 heteroatoms. The SMILES string of the molecule is Cc1ccc(C#Cc2cc(C(=O)Nc3ccc(CN4CCN(C)CC4)c(C(F)(F)F)c3)ccc2Cl)nn1. The van der Waals surface area contributed by atoms with Crippen molar-refractivity contribution in [3.63, 3.8) is 0 Å². The van der Waals surface area contributed by atoms with E-state index >= 15 is 0 Å². The van der Waals surface area contributed by atoms with Gasteiger partial charge in [-0.05, 0) is 67.9 Å². The quantitative estimate of drug-likeness (QED) is 0.491. The number of alkyl halides is 3. The molecular weight excluding hydrogens is 503 g/mol. The zero-order valence-electron chi connectivity index (χ0n) is 20.4. The Bertz CT molecular complexity index is 1340. The standard InChI is InChI=1S/C27H25ClF3N5O/c1-18-3-7-22(34-33-18)8-4-19-15-20(6-10-25(19)28)26(37)32-23-9-5-21(24(16-23)27(29,30)31)17-36-13-11-35(2)12-14-36/h3,5-7,9-10,15-16H,11-14,17H2,1-2H3,(H,32,37). The smallest absolute Gasteiger partial charge is 0.322 e. The average molecular weight is 528 g/mol. The number of amides is 1. The van der Waals surface area contributed by atoms with Crippen molar-refractivity contribution in [2.24, 2.45) is 0 Å². The molecule has 1 amide bonds. The third-order valence-electron chi connectivity index (χ3n) is 6.01. The summed E-state index contributed by atoms with van der Waals surface area (Å²) in [5.41, 5.74) is 1.26. The van der Waals surface area contributed by atoms with Crippen LogP contribution in [0.25, 0.3) is 0 Å². The van der Waals surface area contributed by atoms with Crippen molar-refractivity contribution in [2.75, 3.05) is 38.5 Å². The van der Waals surface area contributed by atoms with E-state index in [-0.39, 0.29) is 23.4 Å². The number of rotatable bonds is 4. The van der Waals surface area contributed by atoms with Crippen LogP contribution in [0.1, 0.15) is 38.4 Å². The molecular formula is C27H25ClF3N5O. The number of piperazine rings is 1. The molecule has 0 aliphatic carbocycles. The number of likely N-dealkylation sites (N-methyl/N-ethyl adjacent to an activating group) is 1. The summed E-state index contributed by atoms with van der Waals surface area (Å²) in [6.07, 6.45) is -4.55. The first-order valence-electron chi connectivity index (χ1n) is 11.6. The minimum atomic E-state index is -4.55. The lowest BCUT2D eigenvalue weighted by atomic mass is 10.0. The highest BCUT2D eigenvalue weighted by Gasteiger charge is 2.34. The second-order valence-electron chi connectivity index (χ2n) is 8.91. The molecule has 0 spiro atoms. The van der Waals surface area contributed by atoms with Crippen LogP contribution in [0.2, 0.25) is 5.02 Å². The van der Waals surface area contributed by atoms with Crippen molar-refractivity contribution in [3.05, 3.63) is 87.2 Å². The predicted octanol–water partition coefficient (Wildman–Crippen LogP) is 4.86. The van der Waals surface area contributed by atoms with Crippen LogP contribution in [0.15, 0.2) is 48.5 Å². The van der Waals surface area contributed by atoms with Crippen LogP contribution < -0.4 is 5.32 Å². The van der Waals surface area contributed by atoms with Crippen molar-refractivity contribution >= 4 is 23.2 Å². The van der Waals surface area contributed by atoms with Gasteiger partial charge in [-0.25, -0.2) is 0 Å². The summed E-state index contributed by atoms with van der Waals surface area (Å²) < 4.78 is 41.6. The summed E-state index contributed by atoms with van der Waals surface area (Å²) in [5, 5.41) is 10.8. The Morgan fingerprint density at radius 3 is 2.46 bits per heavy atom. The Balaban J connectivity index is 1.52. The molecule has 0 unspecified atom stereocenters. The molecule has 3 aromatic rings. The van der Waals surface area contributed by atoms with Crippen molar-refractivity contribution in [1.82, 2.24) is 20.0 Å². The lowest BCUT2D eigenvalue weighted by Gasteiger charge is -2.33. The molecule has 0 radical (unpaired) electrons. The van der Waals surface area contributed by atoms with Gasteiger partial charge in [-0.15, -0.1) is 5.10 Å². The van der Waals surface area contributed by atoms with Crippen molar-refractivity contribution < 1.29 is 18.0 Å². The summed E-state index contributed by atoms with van der Waals surface area (Å²) in [6.45, 7) is 5.02. The van der Waals surface area contributed by atoms with Crippen molar-refractivity contribution in [3.8, 4) is 11.8 Å². The van der Waals surface area contributed by atoms with Crippen LogP contribution in [-0.2, 0) is 12.7 Å². The fraction of sp³-hybridized carbons (Fsp3) is 0.296. The topological polar surface area (TPSA) is 61.4 Å². The van der Waals surface area contributed by atoms with E-state index in [0.29, 0.717) is 29.4 Å². The van der Waals surface area contributed by atoms with E-state index in [1.807, 2.05) is 18.9 Å². The fourth-order valence-corrected chi connectivity index (χ4v) is 4.03. The van der Waals surface area contributed by atoms with Crippen LogP contribution in [0.4, 0.5) is 18.9 Å². The number of carbonyl (C=O) groups is 1. The molecule has 6 nitrogen and oxygen atoms in total. The molecule has 1 N–H and O–H groups in total. The van der Waals surface area contributed by atoms with Gasteiger partial charge in [-0.1, -0.05) is 23.6 Å². The van der Waals surface area contributed by atoms with Gasteiger partial charge in [0, 0.05) is 49.5 Å². The van der Waals surface area contributed by atoms with E-state index in [2.05, 4.69) is 32.3 Å². The molecule has 192 valence electrons. The van der Waals surface area contributed by atoms with Gasteiger partial charge >= 0.3 is 6.18 Å². The van der Waals surface area contributed by atoms with Gasteiger partial charge < -0.3 is 10.2 Å². The van der Waals surface area contributed by atoms with Crippen LogP contribution in [0.5, 0.6) is 0 Å². The minimum absolute atomic E-state index is 0.0527. The summed E-state index contributed by atoms with van der Waals surface area (Å²) in [7, 11) is 1.99. The number of hydrogen-bond donors (Lipinski definition) is 1. The summed E-state index contributed by atoms with van der Waals surface area (Å²) in [4.78, 5) is 17.0. The molecule has 37 heavy (non-hydrogen) atoms. The Kier molecular flexibility index (Phi) is 8.13. The molecule has 1 aliphatic rings. The third-order valence-corrected chi connectivity index (χ3v) is 6.34. The van der Waals surface area contributed by atoms with Gasteiger partial charge in [0.1, 0.15) is 5.69 Å². The zero-order chi connectivity index (χ0) is 26.6. The van der Waals surface area contributed by atoms with E-state index in [0.717, 1.165) is 24.8 Å². The largest absolute Gasteiger partial charge is 0.416 e. The van der Waals surface area contributed by atoms with Gasteiger partial charge in [-0.2, -0.15) is 18.3 Å². The predicted molar refractivity (Wildman–Crippen MR) is 136 cm³/mol. The molecule has 1 aliphatic heterocycles. The van der Waals surface area contributed by atoms with Crippen LogP contribution in [-0.4, -0.2) is 59.1 Å². The maximum absolute atomic E-state index is 13.9. The van der Waals surface area contributed by atoms with Gasteiger partial charge in [0.05, 0.1) is 16.3 Å². The van der Waals surface area contributed by atoms with Crippen LogP contribution >= 0.6 is 11.6 Å². The third kappa shape index (κ3) is 7.07. The average Bonchev–Trinajstić information content (AvgIpc) is 2.86. The number of hydrogen-bond acceptors (Lipinski definition) is 5. The summed E-state index contributed by atoms with van der Waals surface area (Å²) in [5.74, 6) is 5.13. The van der Waals surface area contributed by atoms with Crippen molar-refractivity contribution in [1.29, 1.82) is 0 Å². The Hall–Kier alpha value is -3.45. The summed E-state index contributed by atoms with van der Waals surface area (Å²) >= 11 is 6.23. The number of aryl methyl sites for hydroxylation is 1. The molecule has 2 aromatic carbocycles. The number of carbonyl (C=O) groups excluding carboxylic acids is 1.